The molecule has 0 saturated heterocycles. The van der Waals surface area contributed by atoms with E-state index >= 15 is 0 Å². The van der Waals surface area contributed by atoms with Gasteiger partial charge in [0.15, 0.2) is 12.4 Å². The molecular weight excluding hydrogens is 428 g/mol. The second kappa shape index (κ2) is 9.74. The zero-order valence-electron chi connectivity index (χ0n) is 17.5. The van der Waals surface area contributed by atoms with E-state index in [4.69, 9.17) is 9.15 Å². The van der Waals surface area contributed by atoms with Gasteiger partial charge in [-0.15, -0.1) is 11.3 Å². The Hall–Kier alpha value is -3.52. The summed E-state index contributed by atoms with van der Waals surface area (Å²) in [6.07, 6.45) is 1.99. The van der Waals surface area contributed by atoms with Crippen LogP contribution in [0, 0.1) is 6.92 Å². The predicted molar refractivity (Wildman–Crippen MR) is 119 cm³/mol. The smallest absolute Gasteiger partial charge is 0.306 e. The van der Waals surface area contributed by atoms with Crippen molar-refractivity contribution in [3.63, 3.8) is 0 Å². The Balaban J connectivity index is 1.33. The Morgan fingerprint density at radius 1 is 1.12 bits per heavy atom. The van der Waals surface area contributed by atoms with Crippen LogP contribution in [-0.4, -0.2) is 35.0 Å². The van der Waals surface area contributed by atoms with Crippen molar-refractivity contribution in [3.8, 4) is 0 Å². The molecule has 1 aliphatic heterocycles. The van der Waals surface area contributed by atoms with Gasteiger partial charge in [0, 0.05) is 18.4 Å². The molecule has 1 atom stereocenters. The standard InChI is InChI=1S/C24H22N2O5S/c1-16-6-8-17(9-7-16)20(27)10-11-24(29)31-15-23(28)26-19(21-4-2-12-30-21)14-18(25-26)22-5-3-13-32-22/h2-9,12-13,19H,10-11,14-15H2,1H3. The second-order valence-corrected chi connectivity index (χ2v) is 8.40. The molecule has 1 aromatic carbocycles. The van der Waals surface area contributed by atoms with Gasteiger partial charge < -0.3 is 9.15 Å². The Morgan fingerprint density at radius 3 is 2.62 bits per heavy atom. The number of carbonyl (C=O) groups excluding carboxylic acids is 3. The molecule has 0 aliphatic carbocycles. The maximum atomic E-state index is 12.8. The summed E-state index contributed by atoms with van der Waals surface area (Å²) in [6.45, 7) is 1.49. The van der Waals surface area contributed by atoms with Crippen LogP contribution in [0.25, 0.3) is 0 Å². The molecule has 8 heteroatoms. The molecule has 0 saturated carbocycles. The highest BCUT2D eigenvalue weighted by atomic mass is 32.1. The first-order chi connectivity index (χ1) is 15.5. The molecule has 1 unspecified atom stereocenters. The van der Waals surface area contributed by atoms with E-state index in [1.54, 1.807) is 41.9 Å². The zero-order chi connectivity index (χ0) is 22.5. The van der Waals surface area contributed by atoms with Gasteiger partial charge in [-0.2, -0.15) is 5.10 Å². The lowest BCUT2D eigenvalue weighted by Gasteiger charge is -2.19. The number of furan rings is 1. The van der Waals surface area contributed by atoms with Crippen molar-refractivity contribution in [1.29, 1.82) is 0 Å². The van der Waals surface area contributed by atoms with Gasteiger partial charge in [-0.1, -0.05) is 35.9 Å². The van der Waals surface area contributed by atoms with Gasteiger partial charge in [0.05, 0.1) is 23.3 Å². The van der Waals surface area contributed by atoms with Crippen LogP contribution < -0.4 is 0 Å². The molecule has 7 nitrogen and oxygen atoms in total. The van der Waals surface area contributed by atoms with Gasteiger partial charge in [0.1, 0.15) is 11.8 Å². The van der Waals surface area contributed by atoms with Gasteiger partial charge >= 0.3 is 5.97 Å². The molecule has 0 spiro atoms. The number of rotatable bonds is 8. The van der Waals surface area contributed by atoms with Crippen LogP contribution in [0.1, 0.15) is 51.9 Å². The van der Waals surface area contributed by atoms with E-state index in [2.05, 4.69) is 5.10 Å². The van der Waals surface area contributed by atoms with Crippen LogP contribution in [-0.2, 0) is 14.3 Å². The number of aryl methyl sites for hydroxylation is 1. The first-order valence-electron chi connectivity index (χ1n) is 10.2. The van der Waals surface area contributed by atoms with Crippen molar-refractivity contribution in [2.24, 2.45) is 5.10 Å². The lowest BCUT2D eigenvalue weighted by molar-refractivity contribution is -0.152. The number of esters is 1. The average Bonchev–Trinajstić information content (AvgIpc) is 3.56. The number of benzene rings is 1. The summed E-state index contributed by atoms with van der Waals surface area (Å²) in [5, 5.41) is 7.74. The number of hydrogen-bond donors (Lipinski definition) is 0. The topological polar surface area (TPSA) is 89.2 Å². The molecular formula is C24H22N2O5S. The third kappa shape index (κ3) is 5.03. The largest absolute Gasteiger partial charge is 0.467 e. The third-order valence-electron chi connectivity index (χ3n) is 5.13. The van der Waals surface area contributed by atoms with Crippen LogP contribution in [0.2, 0.25) is 0 Å². The maximum Gasteiger partial charge on any atom is 0.306 e. The van der Waals surface area contributed by atoms with E-state index in [0.717, 1.165) is 16.2 Å². The molecule has 4 rings (SSSR count). The highest BCUT2D eigenvalue weighted by molar-refractivity contribution is 7.12. The lowest BCUT2D eigenvalue weighted by Crippen LogP contribution is -2.31. The quantitative estimate of drug-likeness (QED) is 0.371. The van der Waals surface area contributed by atoms with Crippen molar-refractivity contribution in [3.05, 3.63) is 81.9 Å². The number of carbonyl (C=O) groups is 3. The fourth-order valence-corrected chi connectivity index (χ4v) is 4.14. The van der Waals surface area contributed by atoms with E-state index < -0.39 is 24.5 Å². The van der Waals surface area contributed by atoms with Gasteiger partial charge in [-0.05, 0) is 30.5 Å². The minimum Gasteiger partial charge on any atom is -0.467 e. The van der Waals surface area contributed by atoms with Gasteiger partial charge in [-0.3, -0.25) is 14.4 Å². The number of hydrazone groups is 1. The SMILES string of the molecule is Cc1ccc(C(=O)CCC(=O)OCC(=O)N2N=C(c3cccs3)CC2c2ccco2)cc1. The van der Waals surface area contributed by atoms with Gasteiger partial charge in [-0.25, -0.2) is 5.01 Å². The first kappa shape index (κ1) is 21.7. The number of thiophene rings is 1. The van der Waals surface area contributed by atoms with Crippen LogP contribution >= 0.6 is 11.3 Å². The molecule has 164 valence electrons. The summed E-state index contributed by atoms with van der Waals surface area (Å²) >= 11 is 1.54. The first-order valence-corrected chi connectivity index (χ1v) is 11.1. The van der Waals surface area contributed by atoms with Crippen molar-refractivity contribution in [2.45, 2.75) is 32.2 Å². The number of ketones is 1. The average molecular weight is 451 g/mol. The molecule has 2 aromatic heterocycles. The summed E-state index contributed by atoms with van der Waals surface area (Å²) < 4.78 is 10.6. The van der Waals surface area contributed by atoms with Crippen LogP contribution in [0.5, 0.6) is 0 Å². The second-order valence-electron chi connectivity index (χ2n) is 7.45. The summed E-state index contributed by atoms with van der Waals surface area (Å²) in [5.74, 6) is -0.578. The molecule has 1 aliphatic rings. The molecule has 32 heavy (non-hydrogen) atoms. The Bertz CT molecular complexity index is 1120. The number of ether oxygens (including phenoxy) is 1. The summed E-state index contributed by atoms with van der Waals surface area (Å²) in [5.41, 5.74) is 2.39. The molecule has 0 fully saturated rings. The monoisotopic (exact) mass is 450 g/mol. The molecule has 3 heterocycles. The van der Waals surface area contributed by atoms with E-state index in [1.807, 2.05) is 36.6 Å². The van der Waals surface area contributed by atoms with Gasteiger partial charge in [0.2, 0.25) is 0 Å². The van der Waals surface area contributed by atoms with Crippen LogP contribution in [0.15, 0.2) is 69.7 Å². The lowest BCUT2D eigenvalue weighted by atomic mass is 10.1. The van der Waals surface area contributed by atoms with Gasteiger partial charge in [0.25, 0.3) is 5.91 Å². The number of Topliss-reactive ketones (excluding diaryl/α,β-unsaturated/α-hetero) is 1. The molecule has 0 N–H and O–H groups in total. The zero-order valence-corrected chi connectivity index (χ0v) is 18.3. The summed E-state index contributed by atoms with van der Waals surface area (Å²) in [4.78, 5) is 38.1. The Morgan fingerprint density at radius 2 is 1.94 bits per heavy atom. The van der Waals surface area contributed by atoms with Crippen molar-refractivity contribution in [1.82, 2.24) is 5.01 Å². The Labute approximate surface area is 189 Å². The number of nitrogens with zero attached hydrogens (tertiary/aromatic N) is 2. The predicted octanol–water partition coefficient (Wildman–Crippen LogP) is 4.53. The van der Waals surface area contributed by atoms with Crippen molar-refractivity contribution in [2.75, 3.05) is 6.61 Å². The third-order valence-corrected chi connectivity index (χ3v) is 6.05. The molecule has 0 radical (unpaired) electrons. The Kier molecular flexibility index (Phi) is 6.61. The maximum absolute atomic E-state index is 12.8. The fourth-order valence-electron chi connectivity index (χ4n) is 3.41. The van der Waals surface area contributed by atoms with Crippen LogP contribution in [0.3, 0.4) is 0 Å². The van der Waals surface area contributed by atoms with Crippen LogP contribution in [0.4, 0.5) is 0 Å². The summed E-state index contributed by atoms with van der Waals surface area (Å²) in [6, 6.07) is 14.2. The minimum atomic E-state index is -0.602. The van der Waals surface area contributed by atoms with E-state index in [1.165, 1.54) is 5.01 Å². The molecule has 3 aromatic rings. The van der Waals surface area contributed by atoms with E-state index in [-0.39, 0.29) is 18.6 Å². The van der Waals surface area contributed by atoms with E-state index in [0.29, 0.717) is 17.7 Å². The number of hydrogen-bond acceptors (Lipinski definition) is 7. The minimum absolute atomic E-state index is 0.0233. The summed E-state index contributed by atoms with van der Waals surface area (Å²) in [7, 11) is 0. The van der Waals surface area contributed by atoms with Crippen molar-refractivity contribution >= 4 is 34.7 Å². The normalized spacial score (nSPS) is 15.5. The molecule has 1 amide bonds. The fraction of sp³-hybridized carbons (Fsp3) is 0.250. The molecule has 0 bridgehead atoms. The van der Waals surface area contributed by atoms with Crippen molar-refractivity contribution < 1.29 is 23.5 Å². The highest BCUT2D eigenvalue weighted by Gasteiger charge is 2.35. The van der Waals surface area contributed by atoms with E-state index in [9.17, 15) is 14.4 Å². The number of amides is 1. The highest BCUT2D eigenvalue weighted by Crippen LogP contribution is 2.34.